The van der Waals surface area contributed by atoms with Gasteiger partial charge in [0.05, 0.1) is 11.7 Å². The summed E-state index contributed by atoms with van der Waals surface area (Å²) in [5.41, 5.74) is 1.83. The van der Waals surface area contributed by atoms with Gasteiger partial charge < -0.3 is 15.2 Å². The van der Waals surface area contributed by atoms with Gasteiger partial charge in [-0.25, -0.2) is 0 Å². The lowest BCUT2D eigenvalue weighted by atomic mass is 9.86. The summed E-state index contributed by atoms with van der Waals surface area (Å²) in [4.78, 5) is 34.6. The average molecular weight is 395 g/mol. The molecule has 5 rings (SSSR count). The number of nitrogens with one attached hydrogen (secondary N) is 2. The summed E-state index contributed by atoms with van der Waals surface area (Å²) in [5, 5.41) is 4.11. The molecule has 3 aliphatic rings. The van der Waals surface area contributed by atoms with Gasteiger partial charge >= 0.3 is 0 Å². The predicted octanol–water partition coefficient (Wildman–Crippen LogP) is 3.50. The lowest BCUT2D eigenvalue weighted by Gasteiger charge is -2.36. The van der Waals surface area contributed by atoms with Gasteiger partial charge in [0.2, 0.25) is 5.91 Å². The highest BCUT2D eigenvalue weighted by molar-refractivity contribution is 5.97. The molecule has 1 saturated heterocycles. The van der Waals surface area contributed by atoms with E-state index in [0.29, 0.717) is 22.9 Å². The molecule has 2 amide bonds. The van der Waals surface area contributed by atoms with Gasteiger partial charge in [0.25, 0.3) is 5.91 Å². The van der Waals surface area contributed by atoms with E-state index in [9.17, 15) is 9.59 Å². The standard InChI is InChI=1S/C23H30N4O2/c28-21(19-12-17-6-9-24-15-20(17)26-19)25-14-18-13-23(18)7-10-27(11-8-23)22(29)16-4-2-1-3-5-16/h6,9,12,15-16,18,26H,1-5,7-8,10-11,13-14H2,(H,25,28). The Morgan fingerprint density at radius 3 is 2.76 bits per heavy atom. The van der Waals surface area contributed by atoms with Crippen LogP contribution in [0.3, 0.4) is 0 Å². The average Bonchev–Trinajstić information content (AvgIpc) is 3.24. The van der Waals surface area contributed by atoms with Crippen LogP contribution in [0.5, 0.6) is 0 Å². The summed E-state index contributed by atoms with van der Waals surface area (Å²) in [5.74, 6) is 1.18. The van der Waals surface area contributed by atoms with Crippen LogP contribution in [0.2, 0.25) is 0 Å². The van der Waals surface area contributed by atoms with Crippen molar-refractivity contribution >= 4 is 22.7 Å². The maximum Gasteiger partial charge on any atom is 0.267 e. The lowest BCUT2D eigenvalue weighted by molar-refractivity contribution is -0.138. The smallest absolute Gasteiger partial charge is 0.267 e. The van der Waals surface area contributed by atoms with Crippen LogP contribution in [0.1, 0.15) is 61.9 Å². The Bertz CT molecular complexity index is 873. The number of aromatic nitrogens is 2. The van der Waals surface area contributed by atoms with E-state index in [0.717, 1.165) is 56.2 Å². The van der Waals surface area contributed by atoms with Crippen molar-refractivity contribution in [1.29, 1.82) is 0 Å². The molecule has 3 heterocycles. The third-order valence-electron chi connectivity index (χ3n) is 7.56. The van der Waals surface area contributed by atoms with Crippen molar-refractivity contribution in [2.24, 2.45) is 17.3 Å². The van der Waals surface area contributed by atoms with Crippen molar-refractivity contribution in [2.75, 3.05) is 19.6 Å². The Labute approximate surface area is 171 Å². The molecule has 0 radical (unpaired) electrons. The van der Waals surface area contributed by atoms with Gasteiger partial charge in [-0.2, -0.15) is 0 Å². The summed E-state index contributed by atoms with van der Waals surface area (Å²) in [6, 6.07) is 3.78. The van der Waals surface area contributed by atoms with E-state index in [-0.39, 0.29) is 11.8 Å². The number of fused-ring (bicyclic) bond motifs is 1. The molecule has 1 spiro atoms. The molecule has 2 aromatic rings. The van der Waals surface area contributed by atoms with E-state index >= 15 is 0 Å². The maximum atomic E-state index is 12.8. The van der Waals surface area contributed by atoms with E-state index in [2.05, 4.69) is 20.2 Å². The fourth-order valence-corrected chi connectivity index (χ4v) is 5.52. The van der Waals surface area contributed by atoms with E-state index in [1.54, 1.807) is 12.4 Å². The molecule has 1 unspecified atom stereocenters. The number of hydrogen-bond donors (Lipinski definition) is 2. The van der Waals surface area contributed by atoms with E-state index in [1.165, 1.54) is 25.7 Å². The minimum atomic E-state index is -0.0480. The van der Waals surface area contributed by atoms with Gasteiger partial charge in [-0.15, -0.1) is 0 Å². The Kier molecular flexibility index (Phi) is 4.80. The topological polar surface area (TPSA) is 78.1 Å². The number of amides is 2. The van der Waals surface area contributed by atoms with Crippen LogP contribution < -0.4 is 5.32 Å². The number of H-pyrrole nitrogens is 1. The first kappa shape index (κ1) is 18.6. The summed E-state index contributed by atoms with van der Waals surface area (Å²) < 4.78 is 0. The van der Waals surface area contributed by atoms with Gasteiger partial charge in [-0.05, 0) is 55.6 Å². The van der Waals surface area contributed by atoms with Gasteiger partial charge in [-0.3, -0.25) is 14.6 Å². The largest absolute Gasteiger partial charge is 0.350 e. The fraction of sp³-hybridized carbons (Fsp3) is 0.609. The molecule has 0 aromatic carbocycles. The third-order valence-corrected chi connectivity index (χ3v) is 7.56. The van der Waals surface area contributed by atoms with E-state index < -0.39 is 0 Å². The van der Waals surface area contributed by atoms with Crippen molar-refractivity contribution in [3.05, 3.63) is 30.2 Å². The number of likely N-dealkylation sites (tertiary alicyclic amines) is 1. The molecule has 6 nitrogen and oxygen atoms in total. The molecule has 6 heteroatoms. The zero-order chi connectivity index (χ0) is 19.8. The zero-order valence-electron chi connectivity index (χ0n) is 17.0. The zero-order valence-corrected chi connectivity index (χ0v) is 17.0. The third kappa shape index (κ3) is 3.65. The maximum absolute atomic E-state index is 12.8. The molecule has 29 heavy (non-hydrogen) atoms. The molecule has 0 bridgehead atoms. The fourth-order valence-electron chi connectivity index (χ4n) is 5.52. The summed E-state index contributed by atoms with van der Waals surface area (Å²) in [6.07, 6.45) is 12.7. The van der Waals surface area contributed by atoms with Crippen molar-refractivity contribution in [3.8, 4) is 0 Å². The molecule has 2 saturated carbocycles. The first-order valence-electron chi connectivity index (χ1n) is 11.1. The Morgan fingerprint density at radius 1 is 1.21 bits per heavy atom. The first-order valence-corrected chi connectivity index (χ1v) is 11.1. The number of hydrogen-bond acceptors (Lipinski definition) is 3. The number of pyridine rings is 1. The molecule has 1 aliphatic heterocycles. The summed E-state index contributed by atoms with van der Waals surface area (Å²) in [6.45, 7) is 2.52. The minimum absolute atomic E-state index is 0.0480. The van der Waals surface area contributed by atoms with Crippen LogP contribution in [0.4, 0.5) is 0 Å². The van der Waals surface area contributed by atoms with Crippen molar-refractivity contribution in [2.45, 2.75) is 51.4 Å². The van der Waals surface area contributed by atoms with Crippen LogP contribution in [0.25, 0.3) is 10.9 Å². The lowest BCUT2D eigenvalue weighted by Crippen LogP contribution is -2.43. The molecular formula is C23H30N4O2. The van der Waals surface area contributed by atoms with Gasteiger partial charge in [0, 0.05) is 37.1 Å². The molecule has 1 atom stereocenters. The number of aromatic amines is 1. The van der Waals surface area contributed by atoms with E-state index in [1.807, 2.05) is 12.1 Å². The molecule has 2 aliphatic carbocycles. The monoisotopic (exact) mass is 394 g/mol. The number of rotatable bonds is 4. The van der Waals surface area contributed by atoms with Gasteiger partial charge in [0.1, 0.15) is 5.69 Å². The highest BCUT2D eigenvalue weighted by Crippen LogP contribution is 2.59. The summed E-state index contributed by atoms with van der Waals surface area (Å²) >= 11 is 0. The SMILES string of the molecule is O=C(NCC1CC12CCN(C(=O)C1CCCCC1)CC2)c1cc2ccncc2[nH]1. The highest BCUT2D eigenvalue weighted by Gasteiger charge is 2.55. The van der Waals surface area contributed by atoms with Crippen molar-refractivity contribution < 1.29 is 9.59 Å². The van der Waals surface area contributed by atoms with Crippen LogP contribution in [0, 0.1) is 17.3 Å². The second-order valence-corrected chi connectivity index (χ2v) is 9.28. The number of piperidine rings is 1. The first-order chi connectivity index (χ1) is 14.1. The minimum Gasteiger partial charge on any atom is -0.350 e. The van der Waals surface area contributed by atoms with Gasteiger partial charge in [0.15, 0.2) is 0 Å². The Balaban J connectivity index is 1.11. The number of carbonyl (C=O) groups is 2. The molecule has 2 N–H and O–H groups in total. The molecule has 2 aromatic heterocycles. The Hall–Kier alpha value is -2.37. The van der Waals surface area contributed by atoms with Crippen LogP contribution in [-0.4, -0.2) is 46.3 Å². The van der Waals surface area contributed by atoms with Crippen molar-refractivity contribution in [3.63, 3.8) is 0 Å². The molecule has 3 fully saturated rings. The molecular weight excluding hydrogens is 364 g/mol. The second-order valence-electron chi connectivity index (χ2n) is 9.28. The predicted molar refractivity (Wildman–Crippen MR) is 111 cm³/mol. The molecule has 154 valence electrons. The highest BCUT2D eigenvalue weighted by atomic mass is 16.2. The van der Waals surface area contributed by atoms with E-state index in [4.69, 9.17) is 0 Å². The normalized spacial score (nSPS) is 24.0. The summed E-state index contributed by atoms with van der Waals surface area (Å²) in [7, 11) is 0. The van der Waals surface area contributed by atoms with Crippen LogP contribution >= 0.6 is 0 Å². The number of carbonyl (C=O) groups excluding carboxylic acids is 2. The van der Waals surface area contributed by atoms with Crippen LogP contribution in [0.15, 0.2) is 24.5 Å². The van der Waals surface area contributed by atoms with Crippen LogP contribution in [-0.2, 0) is 4.79 Å². The van der Waals surface area contributed by atoms with Crippen molar-refractivity contribution in [1.82, 2.24) is 20.2 Å². The number of nitrogens with zero attached hydrogens (tertiary/aromatic N) is 2. The second kappa shape index (κ2) is 7.47. The van der Waals surface area contributed by atoms with Gasteiger partial charge in [-0.1, -0.05) is 19.3 Å². The Morgan fingerprint density at radius 2 is 2.00 bits per heavy atom. The quantitative estimate of drug-likeness (QED) is 0.833.